The summed E-state index contributed by atoms with van der Waals surface area (Å²) in [7, 11) is 0. The predicted molar refractivity (Wildman–Crippen MR) is 80.2 cm³/mol. The standard InChI is InChI=1S/C17H25NO2/c1-2-18-16-7-3-6-15-14(16)5-4-8-17(15)20-12-13-9-10-19-11-13/h4-5,8,13,16,18H,2-3,6-7,9-12H2,1H3. The first kappa shape index (κ1) is 13.9. The summed E-state index contributed by atoms with van der Waals surface area (Å²) in [5.74, 6) is 1.66. The van der Waals surface area contributed by atoms with Crippen molar-refractivity contribution in [2.24, 2.45) is 5.92 Å². The first-order valence-corrected chi connectivity index (χ1v) is 7.94. The normalized spacial score (nSPS) is 25.4. The summed E-state index contributed by atoms with van der Waals surface area (Å²) >= 11 is 0. The fraction of sp³-hybridized carbons (Fsp3) is 0.647. The van der Waals surface area contributed by atoms with Crippen molar-refractivity contribution in [2.75, 3.05) is 26.4 Å². The molecule has 0 aromatic heterocycles. The molecule has 1 aliphatic carbocycles. The number of fused-ring (bicyclic) bond motifs is 1. The first-order chi connectivity index (χ1) is 9.88. The highest BCUT2D eigenvalue weighted by atomic mass is 16.5. The van der Waals surface area contributed by atoms with Crippen molar-refractivity contribution in [3.05, 3.63) is 29.3 Å². The zero-order chi connectivity index (χ0) is 13.8. The van der Waals surface area contributed by atoms with Gasteiger partial charge in [0.25, 0.3) is 0 Å². The van der Waals surface area contributed by atoms with Crippen LogP contribution in [0.25, 0.3) is 0 Å². The van der Waals surface area contributed by atoms with Crippen LogP contribution >= 0.6 is 0 Å². The molecular weight excluding hydrogens is 250 g/mol. The summed E-state index contributed by atoms with van der Waals surface area (Å²) in [6.07, 6.45) is 4.77. The maximum atomic E-state index is 6.11. The highest BCUT2D eigenvalue weighted by molar-refractivity contribution is 5.43. The van der Waals surface area contributed by atoms with Gasteiger partial charge in [0.1, 0.15) is 5.75 Å². The fourth-order valence-corrected chi connectivity index (χ4v) is 3.33. The average Bonchev–Trinajstić information content (AvgIpc) is 2.99. The molecule has 3 heteroatoms. The molecule has 0 bridgehead atoms. The van der Waals surface area contributed by atoms with Gasteiger partial charge in [-0.05, 0) is 49.4 Å². The van der Waals surface area contributed by atoms with E-state index in [1.54, 1.807) is 0 Å². The van der Waals surface area contributed by atoms with Crippen molar-refractivity contribution in [1.29, 1.82) is 0 Å². The van der Waals surface area contributed by atoms with Crippen molar-refractivity contribution in [1.82, 2.24) is 5.32 Å². The lowest BCUT2D eigenvalue weighted by Crippen LogP contribution is -2.25. The molecule has 0 amide bonds. The molecule has 1 saturated heterocycles. The molecule has 2 unspecified atom stereocenters. The Kier molecular flexibility index (Phi) is 4.58. The van der Waals surface area contributed by atoms with Gasteiger partial charge in [-0.15, -0.1) is 0 Å². The van der Waals surface area contributed by atoms with Gasteiger partial charge in [-0.2, -0.15) is 0 Å². The van der Waals surface area contributed by atoms with E-state index in [-0.39, 0.29) is 0 Å². The molecule has 1 aromatic carbocycles. The maximum Gasteiger partial charge on any atom is 0.122 e. The van der Waals surface area contributed by atoms with Gasteiger partial charge >= 0.3 is 0 Å². The number of hydrogen-bond donors (Lipinski definition) is 1. The molecule has 2 aliphatic rings. The van der Waals surface area contributed by atoms with Gasteiger partial charge in [0.2, 0.25) is 0 Å². The monoisotopic (exact) mass is 275 g/mol. The third-order valence-electron chi connectivity index (χ3n) is 4.41. The van der Waals surface area contributed by atoms with Crippen LogP contribution in [0.1, 0.15) is 43.4 Å². The molecule has 1 heterocycles. The Hall–Kier alpha value is -1.06. The lowest BCUT2D eigenvalue weighted by molar-refractivity contribution is 0.166. The average molecular weight is 275 g/mol. The number of ether oxygens (including phenoxy) is 2. The van der Waals surface area contributed by atoms with E-state index < -0.39 is 0 Å². The summed E-state index contributed by atoms with van der Waals surface area (Å²) in [6, 6.07) is 7.02. The molecule has 1 fully saturated rings. The second-order valence-electron chi connectivity index (χ2n) is 5.87. The number of benzene rings is 1. The second-order valence-corrected chi connectivity index (χ2v) is 5.87. The van der Waals surface area contributed by atoms with Crippen LogP contribution < -0.4 is 10.1 Å². The van der Waals surface area contributed by atoms with E-state index in [1.165, 1.54) is 24.0 Å². The van der Waals surface area contributed by atoms with Crippen LogP contribution in [0.2, 0.25) is 0 Å². The molecule has 1 aliphatic heterocycles. The van der Waals surface area contributed by atoms with Gasteiger partial charge < -0.3 is 14.8 Å². The summed E-state index contributed by atoms with van der Waals surface area (Å²) in [6.45, 7) is 5.74. The minimum Gasteiger partial charge on any atom is -0.493 e. The molecule has 1 N–H and O–H groups in total. The Morgan fingerprint density at radius 3 is 3.10 bits per heavy atom. The summed E-state index contributed by atoms with van der Waals surface area (Å²) < 4.78 is 11.5. The number of nitrogens with one attached hydrogen (secondary N) is 1. The van der Waals surface area contributed by atoms with Crippen molar-refractivity contribution in [3.63, 3.8) is 0 Å². The van der Waals surface area contributed by atoms with E-state index >= 15 is 0 Å². The van der Waals surface area contributed by atoms with E-state index in [2.05, 4.69) is 30.4 Å². The van der Waals surface area contributed by atoms with Crippen LogP contribution in [0.5, 0.6) is 5.75 Å². The Morgan fingerprint density at radius 1 is 1.35 bits per heavy atom. The molecule has 2 atom stereocenters. The maximum absolute atomic E-state index is 6.11. The van der Waals surface area contributed by atoms with Crippen LogP contribution in [-0.4, -0.2) is 26.4 Å². The molecule has 0 spiro atoms. The van der Waals surface area contributed by atoms with E-state index in [1.807, 2.05) is 0 Å². The SMILES string of the molecule is CCNC1CCCc2c(OCC3CCOC3)cccc21. The molecule has 1 aromatic rings. The van der Waals surface area contributed by atoms with Gasteiger partial charge in [-0.3, -0.25) is 0 Å². The summed E-state index contributed by atoms with van der Waals surface area (Å²) in [5.41, 5.74) is 2.86. The van der Waals surface area contributed by atoms with Gasteiger partial charge in [0, 0.05) is 18.6 Å². The molecular formula is C17H25NO2. The third-order valence-corrected chi connectivity index (χ3v) is 4.41. The number of rotatable bonds is 5. The van der Waals surface area contributed by atoms with E-state index in [4.69, 9.17) is 9.47 Å². The van der Waals surface area contributed by atoms with Gasteiger partial charge in [0.05, 0.1) is 13.2 Å². The molecule has 3 nitrogen and oxygen atoms in total. The lowest BCUT2D eigenvalue weighted by atomic mass is 9.87. The molecule has 0 radical (unpaired) electrons. The quantitative estimate of drug-likeness (QED) is 0.895. The summed E-state index contributed by atoms with van der Waals surface area (Å²) in [5, 5.41) is 3.59. The van der Waals surface area contributed by atoms with Gasteiger partial charge in [0.15, 0.2) is 0 Å². The topological polar surface area (TPSA) is 30.5 Å². The van der Waals surface area contributed by atoms with Crippen LogP contribution in [0.15, 0.2) is 18.2 Å². The largest absolute Gasteiger partial charge is 0.493 e. The van der Waals surface area contributed by atoms with Crippen LogP contribution in [0, 0.1) is 5.92 Å². The summed E-state index contributed by atoms with van der Waals surface area (Å²) in [4.78, 5) is 0. The molecule has 3 rings (SSSR count). The highest BCUT2D eigenvalue weighted by Gasteiger charge is 2.23. The van der Waals surface area contributed by atoms with E-state index in [0.29, 0.717) is 12.0 Å². The highest BCUT2D eigenvalue weighted by Crippen LogP contribution is 2.35. The predicted octanol–water partition coefficient (Wildman–Crippen LogP) is 3.09. The van der Waals surface area contributed by atoms with Crippen molar-refractivity contribution in [2.45, 2.75) is 38.6 Å². The molecule has 0 saturated carbocycles. The van der Waals surface area contributed by atoms with Crippen LogP contribution in [0.3, 0.4) is 0 Å². The van der Waals surface area contributed by atoms with Gasteiger partial charge in [-0.25, -0.2) is 0 Å². The Bertz CT molecular complexity index is 441. The van der Waals surface area contributed by atoms with Crippen molar-refractivity contribution in [3.8, 4) is 5.75 Å². The van der Waals surface area contributed by atoms with E-state index in [0.717, 1.165) is 45.0 Å². The minimum absolute atomic E-state index is 0.502. The van der Waals surface area contributed by atoms with Crippen LogP contribution in [0.4, 0.5) is 0 Å². The smallest absolute Gasteiger partial charge is 0.122 e. The zero-order valence-electron chi connectivity index (χ0n) is 12.4. The van der Waals surface area contributed by atoms with Gasteiger partial charge in [-0.1, -0.05) is 19.1 Å². The van der Waals surface area contributed by atoms with Crippen molar-refractivity contribution >= 4 is 0 Å². The van der Waals surface area contributed by atoms with Crippen molar-refractivity contribution < 1.29 is 9.47 Å². The Morgan fingerprint density at radius 2 is 2.30 bits per heavy atom. The number of hydrogen-bond acceptors (Lipinski definition) is 3. The molecule has 110 valence electrons. The first-order valence-electron chi connectivity index (χ1n) is 7.94. The van der Waals surface area contributed by atoms with Crippen LogP contribution in [-0.2, 0) is 11.2 Å². The third kappa shape index (κ3) is 2.99. The van der Waals surface area contributed by atoms with E-state index in [9.17, 15) is 0 Å². The minimum atomic E-state index is 0.502. The Balaban J connectivity index is 1.72. The second kappa shape index (κ2) is 6.59. The Labute approximate surface area is 121 Å². The lowest BCUT2D eigenvalue weighted by Gasteiger charge is -2.28. The molecule has 20 heavy (non-hydrogen) atoms. The fourth-order valence-electron chi connectivity index (χ4n) is 3.33. The zero-order valence-corrected chi connectivity index (χ0v) is 12.4.